The van der Waals surface area contributed by atoms with E-state index in [1.165, 1.54) is 12.1 Å². The molecule has 0 fully saturated rings. The molecular formula is C12H13FN2O. The Hall–Kier alpha value is -1.71. The molecule has 2 aromatic rings. The van der Waals surface area contributed by atoms with Crippen molar-refractivity contribution in [3.63, 3.8) is 0 Å². The van der Waals surface area contributed by atoms with Crippen LogP contribution >= 0.6 is 0 Å². The summed E-state index contributed by atoms with van der Waals surface area (Å²) >= 11 is 0. The number of hydrogen-bond donors (Lipinski definition) is 0. The largest absolute Gasteiger partial charge is 0.339 e. The molecule has 0 unspecified atom stereocenters. The topological polar surface area (TPSA) is 38.9 Å². The monoisotopic (exact) mass is 220 g/mol. The number of aromatic nitrogens is 2. The molecule has 0 atom stereocenters. The molecule has 4 heteroatoms. The van der Waals surface area contributed by atoms with Gasteiger partial charge in [0.25, 0.3) is 0 Å². The van der Waals surface area contributed by atoms with Crippen LogP contribution in [-0.2, 0) is 6.42 Å². The molecular weight excluding hydrogens is 207 g/mol. The fraction of sp³-hybridized carbons (Fsp3) is 0.333. The molecule has 0 saturated heterocycles. The zero-order valence-electron chi connectivity index (χ0n) is 9.27. The summed E-state index contributed by atoms with van der Waals surface area (Å²) in [5, 5.41) is 3.88. The summed E-state index contributed by atoms with van der Waals surface area (Å²) in [6, 6.07) is 6.30. The first-order valence-corrected chi connectivity index (χ1v) is 5.22. The van der Waals surface area contributed by atoms with Gasteiger partial charge in [-0.1, -0.05) is 31.1 Å². The highest BCUT2D eigenvalue weighted by Crippen LogP contribution is 2.13. The molecule has 0 aliphatic rings. The van der Waals surface area contributed by atoms with Crippen molar-refractivity contribution >= 4 is 0 Å². The van der Waals surface area contributed by atoms with Crippen LogP contribution in [0, 0.1) is 5.82 Å². The van der Waals surface area contributed by atoms with Gasteiger partial charge in [-0.25, -0.2) is 4.39 Å². The minimum atomic E-state index is -0.236. The normalized spacial score (nSPS) is 11.0. The Kier molecular flexibility index (Phi) is 2.99. The maximum Gasteiger partial charge on any atom is 0.229 e. The van der Waals surface area contributed by atoms with E-state index in [-0.39, 0.29) is 11.7 Å². The van der Waals surface area contributed by atoms with E-state index >= 15 is 0 Å². The van der Waals surface area contributed by atoms with Crippen molar-refractivity contribution in [3.05, 3.63) is 47.4 Å². The molecule has 0 amide bonds. The fourth-order valence-corrected chi connectivity index (χ4v) is 1.36. The summed E-state index contributed by atoms with van der Waals surface area (Å²) in [6.45, 7) is 3.99. The van der Waals surface area contributed by atoms with Crippen LogP contribution in [0.2, 0.25) is 0 Å². The van der Waals surface area contributed by atoms with Gasteiger partial charge >= 0.3 is 0 Å². The first-order chi connectivity index (χ1) is 7.65. The molecule has 84 valence electrons. The highest BCUT2D eigenvalue weighted by molar-refractivity contribution is 5.19. The highest BCUT2D eigenvalue weighted by Gasteiger charge is 2.09. The summed E-state index contributed by atoms with van der Waals surface area (Å²) in [6.07, 6.45) is 0.566. The summed E-state index contributed by atoms with van der Waals surface area (Å²) in [5.74, 6) is 1.27. The van der Waals surface area contributed by atoms with Gasteiger partial charge in [-0.15, -0.1) is 0 Å². The van der Waals surface area contributed by atoms with Crippen molar-refractivity contribution in [2.24, 2.45) is 0 Å². The number of rotatable bonds is 3. The lowest BCUT2D eigenvalue weighted by atomic mass is 10.1. The third-order valence-corrected chi connectivity index (χ3v) is 2.25. The van der Waals surface area contributed by atoms with E-state index in [9.17, 15) is 4.39 Å². The minimum Gasteiger partial charge on any atom is -0.339 e. The van der Waals surface area contributed by atoms with Gasteiger partial charge in [0.1, 0.15) is 5.82 Å². The van der Waals surface area contributed by atoms with E-state index in [1.807, 2.05) is 13.8 Å². The summed E-state index contributed by atoms with van der Waals surface area (Å²) in [4.78, 5) is 4.26. The third kappa shape index (κ3) is 2.45. The molecule has 0 saturated carbocycles. The minimum absolute atomic E-state index is 0.231. The average Bonchev–Trinajstić information content (AvgIpc) is 2.70. The molecule has 0 aliphatic heterocycles. The summed E-state index contributed by atoms with van der Waals surface area (Å²) < 4.78 is 17.8. The SMILES string of the molecule is CC(C)c1nc(Cc2ccc(F)cc2)no1. The molecule has 1 aromatic carbocycles. The van der Waals surface area contributed by atoms with Crippen molar-refractivity contribution in [2.75, 3.05) is 0 Å². The Bertz CT molecular complexity index is 462. The Morgan fingerprint density at radius 1 is 1.25 bits per heavy atom. The molecule has 16 heavy (non-hydrogen) atoms. The second kappa shape index (κ2) is 4.43. The van der Waals surface area contributed by atoms with Crippen LogP contribution in [0.5, 0.6) is 0 Å². The van der Waals surface area contributed by atoms with Crippen molar-refractivity contribution < 1.29 is 8.91 Å². The molecule has 0 spiro atoms. The van der Waals surface area contributed by atoms with Crippen LogP contribution in [0.1, 0.15) is 37.0 Å². The Balaban J connectivity index is 2.11. The number of halogens is 1. The second-order valence-corrected chi connectivity index (χ2v) is 4.01. The highest BCUT2D eigenvalue weighted by atomic mass is 19.1. The van der Waals surface area contributed by atoms with Gasteiger partial charge in [-0.05, 0) is 17.7 Å². The Labute approximate surface area is 93.3 Å². The maximum absolute atomic E-state index is 12.7. The van der Waals surface area contributed by atoms with Crippen molar-refractivity contribution in [2.45, 2.75) is 26.2 Å². The van der Waals surface area contributed by atoms with E-state index in [1.54, 1.807) is 12.1 Å². The fourth-order valence-electron chi connectivity index (χ4n) is 1.36. The molecule has 2 rings (SSSR count). The van der Waals surface area contributed by atoms with E-state index in [2.05, 4.69) is 10.1 Å². The zero-order chi connectivity index (χ0) is 11.5. The lowest BCUT2D eigenvalue weighted by Crippen LogP contribution is -1.92. The van der Waals surface area contributed by atoms with Crippen molar-refractivity contribution in [1.82, 2.24) is 10.1 Å². The Morgan fingerprint density at radius 3 is 2.50 bits per heavy atom. The van der Waals surface area contributed by atoms with Crippen LogP contribution in [0.3, 0.4) is 0 Å². The van der Waals surface area contributed by atoms with Gasteiger partial charge < -0.3 is 4.52 Å². The maximum atomic E-state index is 12.7. The van der Waals surface area contributed by atoms with Crippen LogP contribution in [0.15, 0.2) is 28.8 Å². The van der Waals surface area contributed by atoms with Crippen LogP contribution in [-0.4, -0.2) is 10.1 Å². The molecule has 0 N–H and O–H groups in total. The smallest absolute Gasteiger partial charge is 0.229 e. The van der Waals surface area contributed by atoms with Gasteiger partial charge in [0.2, 0.25) is 5.89 Å². The van der Waals surface area contributed by atoms with Crippen LogP contribution in [0.25, 0.3) is 0 Å². The first kappa shape index (κ1) is 10.8. The van der Waals surface area contributed by atoms with Gasteiger partial charge in [0.05, 0.1) is 0 Å². The number of hydrogen-bond acceptors (Lipinski definition) is 3. The summed E-state index contributed by atoms with van der Waals surface area (Å²) in [5.41, 5.74) is 0.970. The van der Waals surface area contributed by atoms with Crippen molar-refractivity contribution in [1.29, 1.82) is 0 Å². The number of benzene rings is 1. The van der Waals surface area contributed by atoms with E-state index in [0.29, 0.717) is 18.1 Å². The number of nitrogens with zero attached hydrogens (tertiary/aromatic N) is 2. The van der Waals surface area contributed by atoms with Gasteiger partial charge in [0, 0.05) is 12.3 Å². The molecule has 1 heterocycles. The first-order valence-electron chi connectivity index (χ1n) is 5.22. The molecule has 0 radical (unpaired) electrons. The molecule has 3 nitrogen and oxygen atoms in total. The lowest BCUT2D eigenvalue weighted by Gasteiger charge is -1.96. The van der Waals surface area contributed by atoms with Gasteiger partial charge in [-0.2, -0.15) is 4.98 Å². The predicted molar refractivity (Wildman–Crippen MR) is 57.6 cm³/mol. The van der Waals surface area contributed by atoms with Crippen molar-refractivity contribution in [3.8, 4) is 0 Å². The van der Waals surface area contributed by atoms with E-state index in [4.69, 9.17) is 4.52 Å². The van der Waals surface area contributed by atoms with E-state index in [0.717, 1.165) is 5.56 Å². The second-order valence-electron chi connectivity index (χ2n) is 4.01. The van der Waals surface area contributed by atoms with E-state index < -0.39 is 0 Å². The van der Waals surface area contributed by atoms with Crippen LogP contribution < -0.4 is 0 Å². The summed E-state index contributed by atoms with van der Waals surface area (Å²) in [7, 11) is 0. The van der Waals surface area contributed by atoms with Crippen LogP contribution in [0.4, 0.5) is 4.39 Å². The zero-order valence-corrected chi connectivity index (χ0v) is 9.27. The Morgan fingerprint density at radius 2 is 1.94 bits per heavy atom. The average molecular weight is 220 g/mol. The van der Waals surface area contributed by atoms with Gasteiger partial charge in [0.15, 0.2) is 5.82 Å². The molecule has 0 aliphatic carbocycles. The third-order valence-electron chi connectivity index (χ3n) is 2.25. The standard InChI is InChI=1S/C12H13FN2O/c1-8(2)12-14-11(15-16-12)7-9-3-5-10(13)6-4-9/h3-6,8H,7H2,1-2H3. The quantitative estimate of drug-likeness (QED) is 0.798. The lowest BCUT2D eigenvalue weighted by molar-refractivity contribution is 0.361. The molecule has 0 bridgehead atoms. The van der Waals surface area contributed by atoms with Gasteiger partial charge in [-0.3, -0.25) is 0 Å². The molecule has 1 aromatic heterocycles. The predicted octanol–water partition coefficient (Wildman–Crippen LogP) is 2.92.